The van der Waals surface area contributed by atoms with Gasteiger partial charge in [-0.25, -0.2) is 14.4 Å². The van der Waals surface area contributed by atoms with Crippen LogP contribution in [0.5, 0.6) is 11.6 Å². The molecular formula is C23H27FN6O. The molecule has 0 spiro atoms. The lowest BCUT2D eigenvalue weighted by Crippen LogP contribution is -2.40. The van der Waals surface area contributed by atoms with Crippen molar-refractivity contribution < 1.29 is 9.13 Å². The van der Waals surface area contributed by atoms with Crippen molar-refractivity contribution in [2.45, 2.75) is 25.8 Å². The highest BCUT2D eigenvalue weighted by Crippen LogP contribution is 2.27. The Bertz CT molecular complexity index is 1020. The van der Waals surface area contributed by atoms with Gasteiger partial charge in [0.25, 0.3) is 0 Å². The number of benzene rings is 1. The molecule has 1 atom stereocenters. The number of hydrogen-bond donors (Lipinski definition) is 1. The van der Waals surface area contributed by atoms with Gasteiger partial charge in [0.15, 0.2) is 5.96 Å². The van der Waals surface area contributed by atoms with Gasteiger partial charge in [-0.15, -0.1) is 0 Å². The molecule has 8 heteroatoms. The van der Waals surface area contributed by atoms with Crippen LogP contribution in [-0.4, -0.2) is 45.3 Å². The zero-order valence-corrected chi connectivity index (χ0v) is 17.8. The number of guanidine groups is 1. The van der Waals surface area contributed by atoms with Gasteiger partial charge in [-0.1, -0.05) is 6.07 Å². The Hall–Kier alpha value is -3.42. The topological polar surface area (TPSA) is 67.6 Å². The molecule has 0 radical (unpaired) electrons. The van der Waals surface area contributed by atoms with Gasteiger partial charge in [0.1, 0.15) is 11.6 Å². The molecule has 0 amide bonds. The maximum atomic E-state index is 13.0. The lowest BCUT2D eigenvalue weighted by Gasteiger charge is -2.21. The molecule has 1 aromatic carbocycles. The van der Waals surface area contributed by atoms with Crippen molar-refractivity contribution in [1.82, 2.24) is 25.0 Å². The van der Waals surface area contributed by atoms with Crippen LogP contribution in [0.25, 0.3) is 0 Å². The standard InChI is InChI=1S/C23H27FN6O/c1-3-25-23(30-11-10-18(16-30)19-14-28-29(2)15-19)27-13-17-4-9-22(26-12-17)31-21-7-5-20(24)6-8-21/h4-9,12,14-15,18H,3,10-11,13,16H2,1-2H3,(H,25,27). The monoisotopic (exact) mass is 422 g/mol. The summed E-state index contributed by atoms with van der Waals surface area (Å²) in [7, 11) is 1.95. The molecule has 3 heterocycles. The zero-order valence-electron chi connectivity index (χ0n) is 17.8. The van der Waals surface area contributed by atoms with Crippen molar-refractivity contribution in [3.63, 3.8) is 0 Å². The number of pyridine rings is 1. The molecule has 1 N–H and O–H groups in total. The number of rotatable bonds is 6. The predicted octanol–water partition coefficient (Wildman–Crippen LogP) is 3.70. The van der Waals surface area contributed by atoms with E-state index in [1.807, 2.05) is 24.0 Å². The van der Waals surface area contributed by atoms with Crippen LogP contribution in [0.15, 0.2) is 60.0 Å². The molecule has 0 saturated carbocycles. The van der Waals surface area contributed by atoms with E-state index in [0.29, 0.717) is 24.1 Å². The van der Waals surface area contributed by atoms with E-state index >= 15 is 0 Å². The van der Waals surface area contributed by atoms with E-state index in [1.165, 1.54) is 17.7 Å². The number of likely N-dealkylation sites (tertiary alicyclic amines) is 1. The van der Waals surface area contributed by atoms with Crippen LogP contribution in [0.2, 0.25) is 0 Å². The molecule has 3 aromatic rings. The van der Waals surface area contributed by atoms with Crippen LogP contribution < -0.4 is 10.1 Å². The summed E-state index contributed by atoms with van der Waals surface area (Å²) in [5, 5.41) is 7.70. The largest absolute Gasteiger partial charge is 0.439 e. The Kier molecular flexibility index (Phi) is 6.45. The first kappa shape index (κ1) is 20.8. The van der Waals surface area contributed by atoms with Gasteiger partial charge in [0, 0.05) is 51.1 Å². The second-order valence-electron chi connectivity index (χ2n) is 7.61. The third kappa shape index (κ3) is 5.39. The summed E-state index contributed by atoms with van der Waals surface area (Å²) in [5.74, 6) is 2.11. The van der Waals surface area contributed by atoms with Crippen molar-refractivity contribution in [1.29, 1.82) is 0 Å². The number of nitrogens with zero attached hydrogens (tertiary/aromatic N) is 5. The van der Waals surface area contributed by atoms with E-state index in [2.05, 4.69) is 33.4 Å². The minimum Gasteiger partial charge on any atom is -0.439 e. The molecule has 1 aliphatic rings. The smallest absolute Gasteiger partial charge is 0.219 e. The first-order valence-corrected chi connectivity index (χ1v) is 10.5. The van der Waals surface area contributed by atoms with Crippen molar-refractivity contribution in [3.8, 4) is 11.6 Å². The van der Waals surface area contributed by atoms with Crippen molar-refractivity contribution >= 4 is 5.96 Å². The van der Waals surface area contributed by atoms with E-state index in [-0.39, 0.29) is 5.82 Å². The summed E-state index contributed by atoms with van der Waals surface area (Å²) >= 11 is 0. The maximum absolute atomic E-state index is 13.0. The molecule has 7 nitrogen and oxygen atoms in total. The van der Waals surface area contributed by atoms with Gasteiger partial charge in [0.2, 0.25) is 5.88 Å². The van der Waals surface area contributed by atoms with Gasteiger partial charge in [-0.3, -0.25) is 4.68 Å². The Labute approximate surface area is 181 Å². The normalized spacial score (nSPS) is 16.5. The van der Waals surface area contributed by atoms with Gasteiger partial charge in [0.05, 0.1) is 12.7 Å². The first-order chi connectivity index (χ1) is 15.1. The van der Waals surface area contributed by atoms with Gasteiger partial charge in [-0.05, 0) is 48.7 Å². The number of ether oxygens (including phenoxy) is 1. The van der Waals surface area contributed by atoms with Gasteiger partial charge >= 0.3 is 0 Å². The van der Waals surface area contributed by atoms with Gasteiger partial charge < -0.3 is 15.0 Å². The summed E-state index contributed by atoms with van der Waals surface area (Å²) in [4.78, 5) is 11.5. The number of halogens is 1. The van der Waals surface area contributed by atoms with Crippen LogP contribution in [-0.2, 0) is 13.6 Å². The number of nitrogens with one attached hydrogen (secondary N) is 1. The van der Waals surface area contributed by atoms with Gasteiger partial charge in [-0.2, -0.15) is 5.10 Å². The zero-order chi connectivity index (χ0) is 21.6. The Morgan fingerprint density at radius 3 is 2.74 bits per heavy atom. The fourth-order valence-corrected chi connectivity index (χ4v) is 3.66. The Balaban J connectivity index is 1.37. The first-order valence-electron chi connectivity index (χ1n) is 10.5. The molecule has 2 aromatic heterocycles. The number of aliphatic imine (C=N–C) groups is 1. The highest BCUT2D eigenvalue weighted by Gasteiger charge is 2.26. The minimum atomic E-state index is -0.297. The average molecular weight is 423 g/mol. The quantitative estimate of drug-likeness (QED) is 0.485. The van der Waals surface area contributed by atoms with Crippen LogP contribution in [0.4, 0.5) is 4.39 Å². The number of aromatic nitrogens is 3. The highest BCUT2D eigenvalue weighted by molar-refractivity contribution is 5.80. The molecule has 4 rings (SSSR count). The summed E-state index contributed by atoms with van der Waals surface area (Å²) < 4.78 is 20.5. The third-order valence-corrected chi connectivity index (χ3v) is 5.26. The number of hydrogen-bond acceptors (Lipinski definition) is 4. The summed E-state index contributed by atoms with van der Waals surface area (Å²) in [6.07, 6.45) is 6.90. The Morgan fingerprint density at radius 1 is 1.23 bits per heavy atom. The summed E-state index contributed by atoms with van der Waals surface area (Å²) in [5.41, 5.74) is 2.27. The van der Waals surface area contributed by atoms with E-state index in [9.17, 15) is 4.39 Å². The number of aryl methyl sites for hydroxylation is 1. The van der Waals surface area contributed by atoms with Crippen molar-refractivity contribution in [2.24, 2.45) is 12.0 Å². The van der Waals surface area contributed by atoms with Crippen molar-refractivity contribution in [3.05, 3.63) is 71.9 Å². The molecule has 162 valence electrons. The molecule has 0 bridgehead atoms. The lowest BCUT2D eigenvalue weighted by atomic mass is 10.0. The van der Waals surface area contributed by atoms with E-state index in [1.54, 1.807) is 24.4 Å². The summed E-state index contributed by atoms with van der Waals surface area (Å²) in [6.45, 7) is 5.32. The molecule has 0 aliphatic carbocycles. The molecule has 1 aliphatic heterocycles. The average Bonchev–Trinajstić information content (AvgIpc) is 3.43. The second-order valence-corrected chi connectivity index (χ2v) is 7.61. The molecular weight excluding hydrogens is 395 g/mol. The van der Waals surface area contributed by atoms with Crippen LogP contribution in [0.1, 0.15) is 30.4 Å². The van der Waals surface area contributed by atoms with E-state index in [0.717, 1.165) is 37.6 Å². The molecule has 31 heavy (non-hydrogen) atoms. The molecule has 1 unspecified atom stereocenters. The van der Waals surface area contributed by atoms with Crippen molar-refractivity contribution in [2.75, 3.05) is 19.6 Å². The van der Waals surface area contributed by atoms with Crippen LogP contribution in [0.3, 0.4) is 0 Å². The fourth-order valence-electron chi connectivity index (χ4n) is 3.66. The van der Waals surface area contributed by atoms with Crippen LogP contribution >= 0.6 is 0 Å². The molecule has 1 fully saturated rings. The van der Waals surface area contributed by atoms with Crippen LogP contribution in [0, 0.1) is 5.82 Å². The Morgan fingerprint density at radius 2 is 2.06 bits per heavy atom. The third-order valence-electron chi connectivity index (χ3n) is 5.26. The molecule has 1 saturated heterocycles. The lowest BCUT2D eigenvalue weighted by molar-refractivity contribution is 0.461. The second kappa shape index (κ2) is 9.59. The van der Waals surface area contributed by atoms with E-state index in [4.69, 9.17) is 9.73 Å². The van der Waals surface area contributed by atoms with E-state index < -0.39 is 0 Å². The fraction of sp³-hybridized carbons (Fsp3) is 0.348. The highest BCUT2D eigenvalue weighted by atomic mass is 19.1. The predicted molar refractivity (Wildman–Crippen MR) is 118 cm³/mol. The maximum Gasteiger partial charge on any atom is 0.219 e. The summed E-state index contributed by atoms with van der Waals surface area (Å²) in [6, 6.07) is 9.62. The minimum absolute atomic E-state index is 0.297. The SMILES string of the molecule is CCNC(=NCc1ccc(Oc2ccc(F)cc2)nc1)N1CCC(c2cnn(C)c2)C1.